The maximum absolute atomic E-state index is 9.66. The van der Waals surface area contributed by atoms with Crippen molar-refractivity contribution in [2.24, 2.45) is 0 Å². The number of piperidine rings is 1. The van der Waals surface area contributed by atoms with Crippen LogP contribution in [-0.2, 0) is 4.74 Å². The van der Waals surface area contributed by atoms with Gasteiger partial charge < -0.3 is 20.3 Å². The zero-order valence-electron chi connectivity index (χ0n) is 14.6. The number of rotatable bonds is 10. The molecular weight excluding hydrogens is 292 g/mol. The second-order valence-electron chi connectivity index (χ2n) is 7.16. The van der Waals surface area contributed by atoms with Gasteiger partial charge in [-0.05, 0) is 32.2 Å². The lowest BCUT2D eigenvalue weighted by Crippen LogP contribution is -2.46. The van der Waals surface area contributed by atoms with Crippen molar-refractivity contribution in [3.63, 3.8) is 0 Å². The molecule has 3 N–H and O–H groups in total. The molecule has 2 aliphatic heterocycles. The van der Waals surface area contributed by atoms with Gasteiger partial charge in [0.05, 0.1) is 25.4 Å². The largest absolute Gasteiger partial charge is 0.395 e. The summed E-state index contributed by atoms with van der Waals surface area (Å²) in [5.41, 5.74) is 0. The van der Waals surface area contributed by atoms with E-state index in [1.165, 1.54) is 44.9 Å². The molecule has 136 valence electrons. The molecule has 0 saturated carbocycles. The molecule has 3 unspecified atom stereocenters. The SMILES string of the molecule is OCC1CC(O)CCN1CCCCCCCCC1CNCCO1. The van der Waals surface area contributed by atoms with Gasteiger partial charge in [0.25, 0.3) is 0 Å². The van der Waals surface area contributed by atoms with E-state index in [0.717, 1.165) is 45.6 Å². The van der Waals surface area contributed by atoms with Crippen molar-refractivity contribution in [2.45, 2.75) is 76.0 Å². The lowest BCUT2D eigenvalue weighted by molar-refractivity contribution is 0.0163. The van der Waals surface area contributed by atoms with E-state index in [1.807, 2.05) is 0 Å². The summed E-state index contributed by atoms with van der Waals surface area (Å²) < 4.78 is 5.71. The highest BCUT2D eigenvalue weighted by atomic mass is 16.5. The Bertz CT molecular complexity index is 298. The minimum absolute atomic E-state index is 0.169. The fraction of sp³-hybridized carbons (Fsp3) is 1.00. The smallest absolute Gasteiger partial charge is 0.0700 e. The summed E-state index contributed by atoms with van der Waals surface area (Å²) in [6.45, 7) is 5.07. The third kappa shape index (κ3) is 7.48. The molecule has 5 heteroatoms. The van der Waals surface area contributed by atoms with Gasteiger partial charge in [-0.2, -0.15) is 0 Å². The van der Waals surface area contributed by atoms with Crippen LogP contribution in [0.5, 0.6) is 0 Å². The van der Waals surface area contributed by atoms with Crippen molar-refractivity contribution in [3.8, 4) is 0 Å². The van der Waals surface area contributed by atoms with E-state index >= 15 is 0 Å². The van der Waals surface area contributed by atoms with Crippen LogP contribution in [-0.4, -0.2) is 72.8 Å². The molecule has 0 aromatic carbocycles. The van der Waals surface area contributed by atoms with Crippen LogP contribution in [0.3, 0.4) is 0 Å². The van der Waals surface area contributed by atoms with E-state index in [4.69, 9.17) is 4.74 Å². The molecule has 0 aliphatic carbocycles. The van der Waals surface area contributed by atoms with E-state index < -0.39 is 0 Å². The molecule has 2 rings (SSSR count). The zero-order chi connectivity index (χ0) is 16.3. The number of aliphatic hydroxyl groups is 2. The highest BCUT2D eigenvalue weighted by molar-refractivity contribution is 4.80. The molecule has 2 aliphatic rings. The van der Waals surface area contributed by atoms with Crippen LogP contribution in [0.4, 0.5) is 0 Å². The molecule has 23 heavy (non-hydrogen) atoms. The Morgan fingerprint density at radius 2 is 1.87 bits per heavy atom. The van der Waals surface area contributed by atoms with Gasteiger partial charge in [0.2, 0.25) is 0 Å². The summed E-state index contributed by atoms with van der Waals surface area (Å²) in [5.74, 6) is 0. The number of hydrogen-bond acceptors (Lipinski definition) is 5. The van der Waals surface area contributed by atoms with Gasteiger partial charge in [-0.15, -0.1) is 0 Å². The molecule has 2 fully saturated rings. The summed E-state index contributed by atoms with van der Waals surface area (Å²) in [6, 6.07) is 0.169. The Kier molecular flexibility index (Phi) is 9.46. The van der Waals surface area contributed by atoms with Crippen molar-refractivity contribution in [1.82, 2.24) is 10.2 Å². The first-order valence-corrected chi connectivity index (χ1v) is 9.65. The Balaban J connectivity index is 1.41. The van der Waals surface area contributed by atoms with Crippen LogP contribution >= 0.6 is 0 Å². The van der Waals surface area contributed by atoms with Crippen LogP contribution < -0.4 is 5.32 Å². The molecule has 0 radical (unpaired) electrons. The Labute approximate surface area is 141 Å². The van der Waals surface area contributed by atoms with E-state index in [9.17, 15) is 10.2 Å². The molecule has 0 bridgehead atoms. The van der Waals surface area contributed by atoms with E-state index in [2.05, 4.69) is 10.2 Å². The minimum Gasteiger partial charge on any atom is -0.395 e. The average Bonchev–Trinajstić information content (AvgIpc) is 2.59. The molecule has 0 aromatic heterocycles. The topological polar surface area (TPSA) is 65.0 Å². The first kappa shape index (κ1) is 19.1. The van der Waals surface area contributed by atoms with Crippen LogP contribution in [0.25, 0.3) is 0 Å². The van der Waals surface area contributed by atoms with Gasteiger partial charge in [-0.1, -0.05) is 32.1 Å². The summed E-state index contributed by atoms with van der Waals surface area (Å²) in [4.78, 5) is 2.36. The molecule has 0 spiro atoms. The quantitative estimate of drug-likeness (QED) is 0.531. The highest BCUT2D eigenvalue weighted by Gasteiger charge is 2.26. The molecule has 2 heterocycles. The zero-order valence-corrected chi connectivity index (χ0v) is 14.6. The number of morpholine rings is 1. The summed E-state index contributed by atoms with van der Waals surface area (Å²) in [7, 11) is 0. The van der Waals surface area contributed by atoms with Crippen molar-refractivity contribution < 1.29 is 14.9 Å². The van der Waals surface area contributed by atoms with E-state index in [0.29, 0.717) is 6.10 Å². The fourth-order valence-electron chi connectivity index (χ4n) is 3.76. The molecule has 2 saturated heterocycles. The molecule has 0 aromatic rings. The first-order valence-electron chi connectivity index (χ1n) is 9.65. The normalized spacial score (nSPS) is 29.7. The molecule has 3 atom stereocenters. The highest BCUT2D eigenvalue weighted by Crippen LogP contribution is 2.18. The molecule has 5 nitrogen and oxygen atoms in total. The van der Waals surface area contributed by atoms with Crippen molar-refractivity contribution in [2.75, 3.05) is 39.4 Å². The number of aliphatic hydroxyl groups excluding tert-OH is 2. The molecular formula is C18H36N2O3. The third-order valence-corrected chi connectivity index (χ3v) is 5.25. The monoisotopic (exact) mass is 328 g/mol. The molecule has 0 amide bonds. The number of hydrogen-bond donors (Lipinski definition) is 3. The lowest BCUT2D eigenvalue weighted by atomic mass is 9.99. The third-order valence-electron chi connectivity index (χ3n) is 5.25. The van der Waals surface area contributed by atoms with Gasteiger partial charge >= 0.3 is 0 Å². The predicted molar refractivity (Wildman–Crippen MR) is 92.6 cm³/mol. The van der Waals surface area contributed by atoms with E-state index in [1.54, 1.807) is 0 Å². The van der Waals surface area contributed by atoms with Crippen molar-refractivity contribution in [1.29, 1.82) is 0 Å². The maximum Gasteiger partial charge on any atom is 0.0700 e. The summed E-state index contributed by atoms with van der Waals surface area (Å²) in [6.07, 6.45) is 10.7. The summed E-state index contributed by atoms with van der Waals surface area (Å²) >= 11 is 0. The maximum atomic E-state index is 9.66. The standard InChI is InChI=1S/C18H36N2O3/c21-15-16-13-17(22)8-11-20(16)10-6-4-2-1-3-5-7-18-14-19-9-12-23-18/h16-19,21-22H,1-15H2. The van der Waals surface area contributed by atoms with Crippen molar-refractivity contribution >= 4 is 0 Å². The number of unbranched alkanes of at least 4 members (excludes halogenated alkanes) is 5. The van der Waals surface area contributed by atoms with Gasteiger partial charge in [0.15, 0.2) is 0 Å². The van der Waals surface area contributed by atoms with Gasteiger partial charge in [0, 0.05) is 25.7 Å². The number of nitrogens with zero attached hydrogens (tertiary/aromatic N) is 1. The predicted octanol–water partition coefficient (Wildman–Crippen LogP) is 1.52. The number of likely N-dealkylation sites (tertiary alicyclic amines) is 1. The lowest BCUT2D eigenvalue weighted by Gasteiger charge is -2.36. The summed E-state index contributed by atoms with van der Waals surface area (Å²) in [5, 5.41) is 22.5. The van der Waals surface area contributed by atoms with Crippen LogP contribution in [0.15, 0.2) is 0 Å². The average molecular weight is 328 g/mol. The van der Waals surface area contributed by atoms with Crippen LogP contribution in [0.2, 0.25) is 0 Å². The number of nitrogens with one attached hydrogen (secondary N) is 1. The second-order valence-corrected chi connectivity index (χ2v) is 7.16. The van der Waals surface area contributed by atoms with Gasteiger partial charge in [0.1, 0.15) is 0 Å². The van der Waals surface area contributed by atoms with Gasteiger partial charge in [-0.25, -0.2) is 0 Å². The second kappa shape index (κ2) is 11.4. The van der Waals surface area contributed by atoms with Crippen LogP contribution in [0.1, 0.15) is 57.8 Å². The Hall–Kier alpha value is -0.200. The van der Waals surface area contributed by atoms with Crippen LogP contribution in [0, 0.1) is 0 Å². The number of ether oxygens (including phenoxy) is 1. The first-order chi connectivity index (χ1) is 11.3. The minimum atomic E-state index is -0.216. The van der Waals surface area contributed by atoms with E-state index in [-0.39, 0.29) is 18.8 Å². The van der Waals surface area contributed by atoms with Gasteiger partial charge in [-0.3, -0.25) is 4.90 Å². The Morgan fingerprint density at radius 1 is 1.09 bits per heavy atom. The Morgan fingerprint density at radius 3 is 2.61 bits per heavy atom. The fourth-order valence-corrected chi connectivity index (χ4v) is 3.76. The van der Waals surface area contributed by atoms with Crippen molar-refractivity contribution in [3.05, 3.63) is 0 Å².